The van der Waals surface area contributed by atoms with Crippen LogP contribution in [-0.2, 0) is 24.7 Å². The predicted octanol–water partition coefficient (Wildman–Crippen LogP) is 1.66. The Labute approximate surface area is 125 Å². The third kappa shape index (κ3) is 3.15. The normalized spacial score (nSPS) is 20.6. The van der Waals surface area contributed by atoms with E-state index in [4.69, 9.17) is 0 Å². The first kappa shape index (κ1) is 15.3. The SMILES string of the molecule is Cl.Cn1nc2c(c1NC(=O)CCC1CCNC1)CCC2. The van der Waals surface area contributed by atoms with E-state index in [2.05, 4.69) is 15.7 Å². The molecule has 1 aromatic rings. The lowest BCUT2D eigenvalue weighted by molar-refractivity contribution is -0.116. The van der Waals surface area contributed by atoms with Crippen molar-refractivity contribution in [3.8, 4) is 0 Å². The van der Waals surface area contributed by atoms with E-state index in [-0.39, 0.29) is 18.3 Å². The number of hydrogen-bond acceptors (Lipinski definition) is 3. The number of nitrogens with zero attached hydrogens (tertiary/aromatic N) is 2. The zero-order chi connectivity index (χ0) is 13.2. The van der Waals surface area contributed by atoms with Gasteiger partial charge in [-0.15, -0.1) is 12.4 Å². The van der Waals surface area contributed by atoms with Crippen LogP contribution >= 0.6 is 12.4 Å². The van der Waals surface area contributed by atoms with Crippen LogP contribution in [0.25, 0.3) is 0 Å². The number of carbonyl (C=O) groups is 1. The van der Waals surface area contributed by atoms with Gasteiger partial charge in [-0.05, 0) is 51.1 Å². The Balaban J connectivity index is 0.00000147. The minimum atomic E-state index is 0. The Kier molecular flexibility index (Phi) is 5.05. The summed E-state index contributed by atoms with van der Waals surface area (Å²) in [5, 5.41) is 10.9. The van der Waals surface area contributed by atoms with Gasteiger partial charge in [0.25, 0.3) is 0 Å². The summed E-state index contributed by atoms with van der Waals surface area (Å²) in [5.74, 6) is 1.72. The summed E-state index contributed by atoms with van der Waals surface area (Å²) in [5.41, 5.74) is 2.41. The van der Waals surface area contributed by atoms with Crippen LogP contribution in [0.2, 0.25) is 0 Å². The smallest absolute Gasteiger partial charge is 0.225 e. The largest absolute Gasteiger partial charge is 0.316 e. The number of fused-ring (bicyclic) bond motifs is 1. The maximum Gasteiger partial charge on any atom is 0.225 e. The van der Waals surface area contributed by atoms with Crippen LogP contribution in [0.3, 0.4) is 0 Å². The summed E-state index contributed by atoms with van der Waals surface area (Å²) >= 11 is 0. The van der Waals surface area contributed by atoms with Gasteiger partial charge in [-0.25, -0.2) is 0 Å². The van der Waals surface area contributed by atoms with Gasteiger partial charge in [0.15, 0.2) is 0 Å². The molecule has 1 aliphatic carbocycles. The Bertz CT molecular complexity index is 480. The first-order valence-corrected chi connectivity index (χ1v) is 7.29. The second-order valence-electron chi connectivity index (χ2n) is 5.70. The lowest BCUT2D eigenvalue weighted by Crippen LogP contribution is -2.17. The molecule has 112 valence electrons. The molecule has 1 amide bonds. The highest BCUT2D eigenvalue weighted by Crippen LogP contribution is 2.28. The molecule has 5 nitrogen and oxygen atoms in total. The van der Waals surface area contributed by atoms with Gasteiger partial charge < -0.3 is 10.6 Å². The van der Waals surface area contributed by atoms with Gasteiger partial charge in [-0.3, -0.25) is 9.48 Å². The first-order valence-electron chi connectivity index (χ1n) is 7.29. The van der Waals surface area contributed by atoms with E-state index in [9.17, 15) is 4.79 Å². The number of amides is 1. The monoisotopic (exact) mass is 298 g/mol. The summed E-state index contributed by atoms with van der Waals surface area (Å²) in [6.45, 7) is 2.16. The molecule has 0 aromatic carbocycles. The van der Waals surface area contributed by atoms with E-state index in [0.29, 0.717) is 12.3 Å². The van der Waals surface area contributed by atoms with Crippen molar-refractivity contribution in [3.63, 3.8) is 0 Å². The topological polar surface area (TPSA) is 59.0 Å². The minimum absolute atomic E-state index is 0. The van der Waals surface area contributed by atoms with Gasteiger partial charge in [0.05, 0.1) is 5.69 Å². The molecule has 0 saturated carbocycles. The highest BCUT2D eigenvalue weighted by atomic mass is 35.5. The molecular formula is C14H23ClN4O. The number of anilines is 1. The zero-order valence-electron chi connectivity index (χ0n) is 11.9. The molecule has 0 bridgehead atoms. The van der Waals surface area contributed by atoms with Gasteiger partial charge >= 0.3 is 0 Å². The predicted molar refractivity (Wildman–Crippen MR) is 81.3 cm³/mol. The third-order valence-corrected chi connectivity index (χ3v) is 4.27. The molecule has 1 fully saturated rings. The lowest BCUT2D eigenvalue weighted by atomic mass is 10.0. The van der Waals surface area contributed by atoms with E-state index < -0.39 is 0 Å². The first-order chi connectivity index (χ1) is 9.24. The van der Waals surface area contributed by atoms with E-state index in [0.717, 1.165) is 50.3 Å². The van der Waals surface area contributed by atoms with Crippen LogP contribution in [0.4, 0.5) is 5.82 Å². The zero-order valence-corrected chi connectivity index (χ0v) is 12.8. The van der Waals surface area contributed by atoms with Crippen molar-refractivity contribution < 1.29 is 4.79 Å². The van der Waals surface area contributed by atoms with Crippen molar-refractivity contribution in [3.05, 3.63) is 11.3 Å². The molecule has 1 atom stereocenters. The van der Waals surface area contributed by atoms with Crippen LogP contribution in [0.1, 0.15) is 36.9 Å². The van der Waals surface area contributed by atoms with Crippen LogP contribution in [0, 0.1) is 5.92 Å². The molecule has 1 aliphatic heterocycles. The molecule has 2 heterocycles. The number of hydrogen-bond donors (Lipinski definition) is 2. The van der Waals surface area contributed by atoms with E-state index in [1.54, 1.807) is 0 Å². The highest BCUT2D eigenvalue weighted by molar-refractivity contribution is 5.90. The molecule has 0 spiro atoms. The minimum Gasteiger partial charge on any atom is -0.316 e. The molecule has 0 radical (unpaired) electrons. The third-order valence-electron chi connectivity index (χ3n) is 4.27. The second kappa shape index (κ2) is 6.59. The van der Waals surface area contributed by atoms with Crippen molar-refractivity contribution in [1.29, 1.82) is 0 Å². The molecule has 6 heteroatoms. The Hall–Kier alpha value is -1.07. The standard InChI is InChI=1S/C14H22N4O.ClH/c1-18-14(11-3-2-4-12(11)17-18)16-13(19)6-5-10-7-8-15-9-10;/h10,15H,2-9H2,1H3,(H,16,19);1H. The summed E-state index contributed by atoms with van der Waals surface area (Å²) < 4.78 is 1.82. The average molecular weight is 299 g/mol. The van der Waals surface area contributed by atoms with Gasteiger partial charge in [0, 0.05) is 19.0 Å². The molecule has 2 aliphatic rings. The highest BCUT2D eigenvalue weighted by Gasteiger charge is 2.22. The fraction of sp³-hybridized carbons (Fsp3) is 0.714. The van der Waals surface area contributed by atoms with Gasteiger partial charge in [-0.2, -0.15) is 5.10 Å². The number of halogens is 1. The number of nitrogens with one attached hydrogen (secondary N) is 2. The van der Waals surface area contributed by atoms with Crippen molar-refractivity contribution >= 4 is 24.1 Å². The number of carbonyl (C=O) groups excluding carboxylic acids is 1. The molecule has 2 N–H and O–H groups in total. The number of aryl methyl sites for hydroxylation is 2. The van der Waals surface area contributed by atoms with Crippen LogP contribution < -0.4 is 10.6 Å². The average Bonchev–Trinajstić information content (AvgIpc) is 3.07. The lowest BCUT2D eigenvalue weighted by Gasteiger charge is -2.10. The maximum absolute atomic E-state index is 12.0. The quantitative estimate of drug-likeness (QED) is 0.889. The van der Waals surface area contributed by atoms with E-state index >= 15 is 0 Å². The molecule has 3 rings (SSSR count). The Morgan fingerprint density at radius 1 is 1.50 bits per heavy atom. The molecule has 20 heavy (non-hydrogen) atoms. The molecule has 1 saturated heterocycles. The summed E-state index contributed by atoms with van der Waals surface area (Å²) in [6, 6.07) is 0. The summed E-state index contributed by atoms with van der Waals surface area (Å²) in [7, 11) is 1.91. The molecular weight excluding hydrogens is 276 g/mol. The molecule has 1 unspecified atom stereocenters. The van der Waals surface area contributed by atoms with Crippen molar-refractivity contribution in [1.82, 2.24) is 15.1 Å². The van der Waals surface area contributed by atoms with Gasteiger partial charge in [0.2, 0.25) is 5.91 Å². The Morgan fingerprint density at radius 3 is 3.10 bits per heavy atom. The number of rotatable bonds is 4. The van der Waals surface area contributed by atoms with Crippen LogP contribution in [0.5, 0.6) is 0 Å². The van der Waals surface area contributed by atoms with Crippen molar-refractivity contribution in [2.45, 2.75) is 38.5 Å². The summed E-state index contributed by atoms with van der Waals surface area (Å²) in [4.78, 5) is 12.0. The molecule has 1 aromatic heterocycles. The summed E-state index contributed by atoms with van der Waals surface area (Å²) in [6.07, 6.45) is 6.06. The van der Waals surface area contributed by atoms with Gasteiger partial charge in [-0.1, -0.05) is 0 Å². The van der Waals surface area contributed by atoms with E-state index in [1.807, 2.05) is 11.7 Å². The second-order valence-corrected chi connectivity index (χ2v) is 5.70. The van der Waals surface area contributed by atoms with Gasteiger partial charge in [0.1, 0.15) is 5.82 Å². The maximum atomic E-state index is 12.0. The fourth-order valence-electron chi connectivity index (χ4n) is 3.17. The fourth-order valence-corrected chi connectivity index (χ4v) is 3.17. The number of aromatic nitrogens is 2. The van der Waals surface area contributed by atoms with Crippen molar-refractivity contribution in [2.75, 3.05) is 18.4 Å². The van der Waals surface area contributed by atoms with Crippen LogP contribution in [-0.4, -0.2) is 28.8 Å². The van der Waals surface area contributed by atoms with Crippen LogP contribution in [0.15, 0.2) is 0 Å². The Morgan fingerprint density at radius 2 is 2.35 bits per heavy atom. The van der Waals surface area contributed by atoms with E-state index in [1.165, 1.54) is 12.0 Å². The van der Waals surface area contributed by atoms with Crippen molar-refractivity contribution in [2.24, 2.45) is 13.0 Å².